The average molecular weight is 563 g/mol. The number of aromatic hydroxyl groups is 1. The number of hydrogen-bond acceptors (Lipinski definition) is 10. The molecule has 6 unspecified atom stereocenters. The molecule has 5 rings (SSSR count). The van der Waals surface area contributed by atoms with Crippen LogP contribution >= 0.6 is 0 Å². The fraction of sp³-hybridized carbons (Fsp3) is 0.333. The summed E-state index contributed by atoms with van der Waals surface area (Å²) < 4.78 is 6.00. The standard InChI is InChI=1S/C30H30N2O9/c1-13-15-10-7-11-16(33)19(15)24(35)20-18(13)26(41-17(34)12-14-8-5-4-6-9-14)22-23(32(2)3)25(36)21(29(31)39)28(38)30(22,40)27(20)37/h4-11,13,18,22-23,26,33,36-37,40H,12H2,1-3H3,(H2,31,39). The second-order valence-electron chi connectivity index (χ2n) is 10.9. The molecule has 3 aliphatic carbocycles. The number of carbonyl (C=O) groups excluding carboxylic acids is 4. The van der Waals surface area contributed by atoms with Crippen molar-refractivity contribution in [2.45, 2.75) is 37.0 Å². The van der Waals surface area contributed by atoms with Crippen LogP contribution in [0.25, 0.3) is 0 Å². The number of aliphatic hydroxyl groups is 3. The fourth-order valence-electron chi connectivity index (χ4n) is 6.65. The quantitative estimate of drug-likeness (QED) is 0.264. The summed E-state index contributed by atoms with van der Waals surface area (Å²) in [4.78, 5) is 54.7. The van der Waals surface area contributed by atoms with Crippen LogP contribution in [0.15, 0.2) is 71.2 Å². The first-order valence-electron chi connectivity index (χ1n) is 13.0. The first kappa shape index (κ1) is 28.1. The molecule has 11 nitrogen and oxygen atoms in total. The molecule has 0 saturated heterocycles. The Hall–Kier alpha value is -4.48. The van der Waals surface area contributed by atoms with E-state index in [2.05, 4.69) is 0 Å². The number of fused-ring (bicyclic) bond motifs is 3. The highest BCUT2D eigenvalue weighted by molar-refractivity contribution is 6.25. The second-order valence-corrected chi connectivity index (χ2v) is 10.9. The van der Waals surface area contributed by atoms with Gasteiger partial charge in [-0.15, -0.1) is 0 Å². The molecule has 2 aromatic rings. The third-order valence-corrected chi connectivity index (χ3v) is 8.43. The van der Waals surface area contributed by atoms with Crippen molar-refractivity contribution in [1.29, 1.82) is 0 Å². The number of phenols is 1. The summed E-state index contributed by atoms with van der Waals surface area (Å²) in [6, 6.07) is 11.8. The Kier molecular flexibility index (Phi) is 6.75. The molecule has 0 radical (unpaired) electrons. The predicted molar refractivity (Wildman–Crippen MR) is 144 cm³/mol. The molecular weight excluding hydrogens is 532 g/mol. The number of amides is 1. The second kappa shape index (κ2) is 9.86. The van der Waals surface area contributed by atoms with Crippen molar-refractivity contribution < 1.29 is 44.3 Å². The Morgan fingerprint density at radius 1 is 1.02 bits per heavy atom. The number of carbonyl (C=O) groups is 4. The Labute approximate surface area is 235 Å². The summed E-state index contributed by atoms with van der Waals surface area (Å²) in [5, 5.41) is 45.4. The maximum Gasteiger partial charge on any atom is 0.310 e. The van der Waals surface area contributed by atoms with Gasteiger partial charge in [0, 0.05) is 11.5 Å². The molecule has 0 saturated carbocycles. The number of likely N-dealkylation sites (N-methyl/N-ethyl adjacent to an activating group) is 1. The molecule has 2 aromatic carbocycles. The normalized spacial score (nSPS) is 29.1. The number of Topliss-reactive ketones (excluding diaryl/α,β-unsaturated/α-hetero) is 2. The molecule has 0 fully saturated rings. The summed E-state index contributed by atoms with van der Waals surface area (Å²) in [6.45, 7) is 1.70. The van der Waals surface area contributed by atoms with Gasteiger partial charge in [-0.25, -0.2) is 0 Å². The van der Waals surface area contributed by atoms with Crippen molar-refractivity contribution in [1.82, 2.24) is 4.90 Å². The predicted octanol–water partition coefficient (Wildman–Crippen LogP) is 1.45. The fourth-order valence-corrected chi connectivity index (χ4v) is 6.65. The molecule has 41 heavy (non-hydrogen) atoms. The summed E-state index contributed by atoms with van der Waals surface area (Å²) in [5.74, 6) is -9.91. The number of aliphatic hydroxyl groups excluding tert-OH is 2. The molecule has 0 aromatic heterocycles. The minimum Gasteiger partial charge on any atom is -0.510 e. The van der Waals surface area contributed by atoms with Crippen LogP contribution in [-0.4, -0.2) is 80.6 Å². The summed E-state index contributed by atoms with van der Waals surface area (Å²) in [5.41, 5.74) is 1.96. The molecule has 0 aliphatic heterocycles. The number of ketones is 2. The number of primary amides is 1. The lowest BCUT2D eigenvalue weighted by Gasteiger charge is -2.54. The van der Waals surface area contributed by atoms with Gasteiger partial charge < -0.3 is 30.9 Å². The lowest BCUT2D eigenvalue weighted by atomic mass is 9.55. The van der Waals surface area contributed by atoms with Crippen LogP contribution in [0.5, 0.6) is 5.75 Å². The van der Waals surface area contributed by atoms with Crippen LogP contribution in [0.3, 0.4) is 0 Å². The molecule has 11 heteroatoms. The Morgan fingerprint density at radius 2 is 1.68 bits per heavy atom. The number of esters is 1. The molecule has 6 atom stereocenters. The van der Waals surface area contributed by atoms with Crippen molar-refractivity contribution >= 4 is 23.4 Å². The summed E-state index contributed by atoms with van der Waals surface area (Å²) >= 11 is 0. The van der Waals surface area contributed by atoms with E-state index in [1.807, 2.05) is 0 Å². The number of ether oxygens (including phenoxy) is 1. The van der Waals surface area contributed by atoms with E-state index in [9.17, 15) is 39.6 Å². The minimum atomic E-state index is -2.98. The Bertz CT molecular complexity index is 1540. The van der Waals surface area contributed by atoms with Crippen molar-refractivity contribution in [3.8, 4) is 5.75 Å². The molecule has 1 amide bonds. The lowest BCUT2D eigenvalue weighted by molar-refractivity contribution is -0.180. The van der Waals surface area contributed by atoms with E-state index in [0.717, 1.165) is 0 Å². The maximum atomic E-state index is 13.9. The molecule has 0 heterocycles. The van der Waals surface area contributed by atoms with Crippen LogP contribution in [-0.2, 0) is 25.5 Å². The van der Waals surface area contributed by atoms with E-state index in [4.69, 9.17) is 10.5 Å². The summed E-state index contributed by atoms with van der Waals surface area (Å²) in [7, 11) is 3.00. The highest BCUT2D eigenvalue weighted by atomic mass is 16.5. The van der Waals surface area contributed by atoms with Gasteiger partial charge in [-0.05, 0) is 37.2 Å². The highest BCUT2D eigenvalue weighted by Crippen LogP contribution is 2.56. The van der Waals surface area contributed by atoms with Crippen LogP contribution < -0.4 is 5.73 Å². The van der Waals surface area contributed by atoms with Gasteiger partial charge in [0.1, 0.15) is 28.9 Å². The van der Waals surface area contributed by atoms with Crippen molar-refractivity contribution in [2.75, 3.05) is 14.1 Å². The Morgan fingerprint density at radius 3 is 2.29 bits per heavy atom. The van der Waals surface area contributed by atoms with Gasteiger partial charge >= 0.3 is 5.97 Å². The zero-order valence-corrected chi connectivity index (χ0v) is 22.6. The molecule has 0 bridgehead atoms. The van der Waals surface area contributed by atoms with Crippen LogP contribution in [0.4, 0.5) is 0 Å². The topological polar surface area (TPSA) is 188 Å². The van der Waals surface area contributed by atoms with Gasteiger partial charge in [0.05, 0.1) is 23.9 Å². The van der Waals surface area contributed by atoms with Crippen LogP contribution in [0, 0.1) is 11.8 Å². The monoisotopic (exact) mass is 562 g/mol. The molecule has 3 aliphatic rings. The van der Waals surface area contributed by atoms with Gasteiger partial charge in [-0.2, -0.15) is 0 Å². The third-order valence-electron chi connectivity index (χ3n) is 8.43. The van der Waals surface area contributed by atoms with Gasteiger partial charge in [0.2, 0.25) is 5.78 Å². The van der Waals surface area contributed by atoms with E-state index in [-0.39, 0.29) is 17.7 Å². The highest BCUT2D eigenvalue weighted by Gasteiger charge is 2.68. The zero-order valence-electron chi connectivity index (χ0n) is 22.6. The van der Waals surface area contributed by atoms with Crippen LogP contribution in [0.2, 0.25) is 0 Å². The number of hydrogen-bond donors (Lipinski definition) is 5. The van der Waals surface area contributed by atoms with Gasteiger partial charge in [-0.3, -0.25) is 24.1 Å². The van der Waals surface area contributed by atoms with Gasteiger partial charge in [0.25, 0.3) is 5.91 Å². The maximum absolute atomic E-state index is 13.9. The van der Waals surface area contributed by atoms with Crippen molar-refractivity contribution in [3.05, 3.63) is 87.9 Å². The van der Waals surface area contributed by atoms with E-state index in [0.29, 0.717) is 11.1 Å². The van der Waals surface area contributed by atoms with Gasteiger partial charge in [-0.1, -0.05) is 49.4 Å². The van der Waals surface area contributed by atoms with Gasteiger partial charge in [0.15, 0.2) is 11.4 Å². The van der Waals surface area contributed by atoms with E-state index >= 15 is 0 Å². The molecule has 6 N–H and O–H groups in total. The first-order chi connectivity index (χ1) is 19.3. The van der Waals surface area contributed by atoms with E-state index < -0.39 is 81.6 Å². The molecule has 214 valence electrons. The number of nitrogens with zero attached hydrogens (tertiary/aromatic N) is 1. The lowest BCUT2D eigenvalue weighted by Crippen LogP contribution is -2.69. The average Bonchev–Trinajstić information content (AvgIpc) is 2.90. The first-order valence-corrected chi connectivity index (χ1v) is 13.0. The van der Waals surface area contributed by atoms with E-state index in [1.54, 1.807) is 49.4 Å². The number of benzene rings is 2. The zero-order chi connectivity index (χ0) is 30.0. The minimum absolute atomic E-state index is 0.129. The van der Waals surface area contributed by atoms with Crippen molar-refractivity contribution in [2.24, 2.45) is 17.6 Å². The third kappa shape index (κ3) is 4.03. The van der Waals surface area contributed by atoms with Crippen molar-refractivity contribution in [3.63, 3.8) is 0 Å². The van der Waals surface area contributed by atoms with Crippen LogP contribution in [0.1, 0.15) is 34.3 Å². The molecule has 0 spiro atoms. The smallest absolute Gasteiger partial charge is 0.310 e. The SMILES string of the molecule is CC1c2cccc(O)c2C(=O)C2=C(O)C3(O)C(=O)C(C(N)=O)=C(O)C(N(C)C)C3C(OC(=O)Cc3ccccc3)C21. The number of phenolic OH excluding ortho intramolecular Hbond substituents is 1. The Balaban J connectivity index is 1.77. The molecular formula is C30H30N2O9. The summed E-state index contributed by atoms with van der Waals surface area (Å²) in [6.07, 6.45) is -1.64. The van der Waals surface area contributed by atoms with E-state index in [1.165, 1.54) is 25.1 Å². The largest absolute Gasteiger partial charge is 0.510 e. The number of rotatable bonds is 5. The number of nitrogens with two attached hydrogens (primary N) is 1.